The molecule has 0 bridgehead atoms. The number of carbonyl (C=O) groups excluding carboxylic acids is 1. The van der Waals surface area contributed by atoms with E-state index in [4.69, 9.17) is 5.73 Å². The van der Waals surface area contributed by atoms with Gasteiger partial charge >= 0.3 is 6.18 Å². The molecular weight excluding hydrogens is 328 g/mol. The van der Waals surface area contributed by atoms with Crippen LogP contribution in [-0.2, 0) is 4.79 Å². The fourth-order valence-corrected chi connectivity index (χ4v) is 1.55. The molecule has 1 aromatic rings. The van der Waals surface area contributed by atoms with Crippen LogP contribution in [0.15, 0.2) is 18.2 Å². The van der Waals surface area contributed by atoms with E-state index in [1.165, 1.54) is 0 Å². The molecule has 0 fully saturated rings. The molecule has 0 aliphatic carbocycles. The van der Waals surface area contributed by atoms with Crippen molar-refractivity contribution < 1.29 is 27.1 Å². The summed E-state index contributed by atoms with van der Waals surface area (Å²) in [6.45, 7) is 0.287. The number of benzene rings is 1. The second-order valence-corrected chi connectivity index (χ2v) is 4.43. The highest BCUT2D eigenvalue weighted by molar-refractivity contribution is 5.95. The van der Waals surface area contributed by atoms with Crippen molar-refractivity contribution in [3.05, 3.63) is 24.0 Å². The molecule has 0 heterocycles. The van der Waals surface area contributed by atoms with Crippen LogP contribution in [0.4, 0.5) is 23.2 Å². The number of alkyl halides is 3. The van der Waals surface area contributed by atoms with Crippen LogP contribution < -0.4 is 15.8 Å². The zero-order chi connectivity index (χ0) is 16.0. The van der Waals surface area contributed by atoms with Crippen molar-refractivity contribution in [1.29, 1.82) is 0 Å². The average molecular weight is 345 g/mol. The summed E-state index contributed by atoms with van der Waals surface area (Å²) < 4.78 is 54.1. The Morgan fingerprint density at radius 1 is 1.41 bits per heavy atom. The van der Waals surface area contributed by atoms with Crippen LogP contribution in [0, 0.1) is 5.82 Å². The smallest absolute Gasteiger partial charge is 0.422 e. The molecule has 1 unspecified atom stereocenters. The van der Waals surface area contributed by atoms with Crippen molar-refractivity contribution in [3.8, 4) is 5.75 Å². The number of anilines is 1. The van der Waals surface area contributed by atoms with Gasteiger partial charge in [0.25, 0.3) is 0 Å². The molecule has 9 heteroatoms. The number of nitrogens with one attached hydrogen (secondary N) is 1. The van der Waals surface area contributed by atoms with Crippen molar-refractivity contribution >= 4 is 24.0 Å². The van der Waals surface area contributed by atoms with E-state index in [-0.39, 0.29) is 23.8 Å². The van der Waals surface area contributed by atoms with Crippen molar-refractivity contribution in [1.82, 2.24) is 0 Å². The normalized spacial score (nSPS) is 12.3. The number of carbonyl (C=O) groups is 1. The maximum atomic E-state index is 13.2. The van der Waals surface area contributed by atoms with Crippen LogP contribution in [-0.4, -0.2) is 24.7 Å². The number of hydrogen-bond acceptors (Lipinski definition) is 3. The Morgan fingerprint density at radius 2 is 2.05 bits per heavy atom. The third-order valence-corrected chi connectivity index (χ3v) is 2.53. The molecule has 3 N–H and O–H groups in total. The molecule has 22 heavy (non-hydrogen) atoms. The summed E-state index contributed by atoms with van der Waals surface area (Å²) in [5.41, 5.74) is 5.40. The summed E-state index contributed by atoms with van der Waals surface area (Å²) in [7, 11) is 0. The molecule has 1 aromatic carbocycles. The summed E-state index contributed by atoms with van der Waals surface area (Å²) in [5.74, 6) is -1.60. The number of halogens is 5. The topological polar surface area (TPSA) is 64.4 Å². The Balaban J connectivity index is 0.00000441. The number of nitrogens with two attached hydrogens (primary N) is 1. The Hall–Kier alpha value is -1.54. The van der Waals surface area contributed by atoms with E-state index in [0.717, 1.165) is 18.2 Å². The van der Waals surface area contributed by atoms with Gasteiger partial charge < -0.3 is 15.8 Å². The van der Waals surface area contributed by atoms with Gasteiger partial charge in [-0.05, 0) is 18.6 Å². The molecular formula is C13H17ClF4N2O2. The fraction of sp³-hybridized carbons (Fsp3) is 0.462. The van der Waals surface area contributed by atoms with Crippen LogP contribution in [0.1, 0.15) is 19.8 Å². The zero-order valence-electron chi connectivity index (χ0n) is 11.7. The van der Waals surface area contributed by atoms with E-state index in [9.17, 15) is 22.4 Å². The first-order chi connectivity index (χ1) is 9.73. The summed E-state index contributed by atoms with van der Waals surface area (Å²) in [4.78, 5) is 11.7. The second-order valence-electron chi connectivity index (χ2n) is 4.43. The van der Waals surface area contributed by atoms with Gasteiger partial charge in [-0.25, -0.2) is 4.39 Å². The van der Waals surface area contributed by atoms with E-state index in [1.54, 1.807) is 0 Å². The van der Waals surface area contributed by atoms with Gasteiger partial charge in [-0.1, -0.05) is 13.3 Å². The number of ether oxygens (including phenoxy) is 1. The van der Waals surface area contributed by atoms with Crippen molar-refractivity contribution in [2.45, 2.75) is 32.0 Å². The van der Waals surface area contributed by atoms with Crippen LogP contribution in [0.5, 0.6) is 5.75 Å². The highest BCUT2D eigenvalue weighted by Crippen LogP contribution is 2.27. The third kappa shape index (κ3) is 6.95. The highest BCUT2D eigenvalue weighted by Gasteiger charge is 2.29. The Kier molecular flexibility index (Phi) is 8.18. The molecule has 1 amide bonds. The van der Waals surface area contributed by atoms with Gasteiger partial charge in [0.15, 0.2) is 6.61 Å². The minimum absolute atomic E-state index is 0. The van der Waals surface area contributed by atoms with Gasteiger partial charge in [0.05, 0.1) is 11.7 Å². The summed E-state index contributed by atoms with van der Waals surface area (Å²) >= 11 is 0. The van der Waals surface area contributed by atoms with Gasteiger partial charge in [0.1, 0.15) is 11.6 Å². The first kappa shape index (κ1) is 20.5. The molecule has 4 nitrogen and oxygen atoms in total. The standard InChI is InChI=1S/C13H16F4N2O2.ClH/c1-2-3-9(18)12(20)19-10-6-8(14)4-5-11(10)21-7-13(15,16)17;/h4-6,9H,2-3,7,18H2,1H3,(H,19,20);1H. The van der Waals surface area contributed by atoms with Gasteiger partial charge in [-0.15, -0.1) is 12.4 Å². The molecule has 0 saturated carbocycles. The van der Waals surface area contributed by atoms with Crippen LogP contribution in [0.2, 0.25) is 0 Å². The van der Waals surface area contributed by atoms with Crippen molar-refractivity contribution in [3.63, 3.8) is 0 Å². The molecule has 0 aromatic heterocycles. The van der Waals surface area contributed by atoms with Gasteiger partial charge in [0.2, 0.25) is 5.91 Å². The summed E-state index contributed by atoms with van der Waals surface area (Å²) in [5, 5.41) is 2.28. The van der Waals surface area contributed by atoms with E-state index in [0.29, 0.717) is 12.8 Å². The Labute approximate surface area is 131 Å². The maximum absolute atomic E-state index is 13.2. The Bertz CT molecular complexity index is 497. The Morgan fingerprint density at radius 3 is 2.59 bits per heavy atom. The van der Waals surface area contributed by atoms with E-state index < -0.39 is 30.5 Å². The van der Waals surface area contributed by atoms with E-state index in [1.807, 2.05) is 6.92 Å². The SMILES string of the molecule is CCCC(N)C(=O)Nc1cc(F)ccc1OCC(F)(F)F.Cl. The molecule has 1 atom stereocenters. The fourth-order valence-electron chi connectivity index (χ4n) is 1.55. The third-order valence-electron chi connectivity index (χ3n) is 2.53. The molecule has 0 spiro atoms. The highest BCUT2D eigenvalue weighted by atomic mass is 35.5. The van der Waals surface area contributed by atoms with Gasteiger partial charge in [-0.2, -0.15) is 13.2 Å². The van der Waals surface area contributed by atoms with E-state index in [2.05, 4.69) is 10.1 Å². The predicted molar refractivity (Wildman–Crippen MR) is 76.7 cm³/mol. The quantitative estimate of drug-likeness (QED) is 0.779. The van der Waals surface area contributed by atoms with E-state index >= 15 is 0 Å². The molecule has 0 aliphatic heterocycles. The first-order valence-electron chi connectivity index (χ1n) is 6.28. The van der Waals surface area contributed by atoms with Gasteiger partial charge in [0, 0.05) is 6.07 Å². The number of hydrogen-bond donors (Lipinski definition) is 2. The van der Waals surface area contributed by atoms with Crippen LogP contribution in [0.3, 0.4) is 0 Å². The van der Waals surface area contributed by atoms with Gasteiger partial charge in [-0.3, -0.25) is 4.79 Å². The second kappa shape index (κ2) is 8.79. The lowest BCUT2D eigenvalue weighted by atomic mass is 10.1. The number of amides is 1. The molecule has 0 radical (unpaired) electrons. The molecule has 0 aliphatic rings. The minimum atomic E-state index is -4.53. The van der Waals surface area contributed by atoms with Crippen LogP contribution in [0.25, 0.3) is 0 Å². The molecule has 126 valence electrons. The lowest BCUT2D eigenvalue weighted by Crippen LogP contribution is -2.35. The summed E-state index contributed by atoms with van der Waals surface area (Å²) in [6, 6.07) is 2.01. The maximum Gasteiger partial charge on any atom is 0.422 e. The van der Waals surface area contributed by atoms with Crippen molar-refractivity contribution in [2.24, 2.45) is 5.73 Å². The summed E-state index contributed by atoms with van der Waals surface area (Å²) in [6.07, 6.45) is -3.47. The lowest BCUT2D eigenvalue weighted by Gasteiger charge is -2.16. The first-order valence-corrected chi connectivity index (χ1v) is 6.28. The van der Waals surface area contributed by atoms with Crippen molar-refractivity contribution in [2.75, 3.05) is 11.9 Å². The molecule has 0 saturated heterocycles. The largest absolute Gasteiger partial charge is 0.482 e. The minimum Gasteiger partial charge on any atom is -0.482 e. The van der Waals surface area contributed by atoms with Crippen LogP contribution >= 0.6 is 12.4 Å². The monoisotopic (exact) mass is 344 g/mol. The molecule has 1 rings (SSSR count). The number of rotatable bonds is 6. The average Bonchev–Trinajstić information content (AvgIpc) is 2.37. The predicted octanol–water partition coefficient (Wildman–Crippen LogP) is 3.25. The lowest BCUT2D eigenvalue weighted by molar-refractivity contribution is -0.153. The zero-order valence-corrected chi connectivity index (χ0v) is 12.6.